The van der Waals surface area contributed by atoms with Gasteiger partial charge in [-0.25, -0.2) is 0 Å². The van der Waals surface area contributed by atoms with Crippen molar-refractivity contribution in [2.75, 3.05) is 19.4 Å². The zero-order chi connectivity index (χ0) is 22.3. The fourth-order valence-corrected chi connectivity index (χ4v) is 4.17. The van der Waals surface area contributed by atoms with E-state index in [2.05, 4.69) is 48.0 Å². The maximum absolute atomic E-state index is 12.7. The van der Waals surface area contributed by atoms with Crippen molar-refractivity contribution in [1.82, 2.24) is 14.8 Å². The third-order valence-corrected chi connectivity index (χ3v) is 6.17. The van der Waals surface area contributed by atoms with Gasteiger partial charge in [-0.2, -0.15) is 0 Å². The largest absolute Gasteiger partial charge is 0.331 e. The van der Waals surface area contributed by atoms with Gasteiger partial charge in [0.05, 0.1) is 19.3 Å². The minimum Gasteiger partial charge on any atom is -0.331 e. The van der Waals surface area contributed by atoms with Gasteiger partial charge >= 0.3 is 0 Å². The molecule has 0 fully saturated rings. The molecule has 1 amide bonds. The maximum Gasteiger partial charge on any atom is 0.237 e. The average Bonchev–Trinajstić information content (AvgIpc) is 3.08. The Morgan fingerprint density at radius 1 is 1.23 bits per heavy atom. The highest BCUT2D eigenvalue weighted by molar-refractivity contribution is 8.00. The molecule has 30 heavy (non-hydrogen) atoms. The van der Waals surface area contributed by atoms with E-state index in [-0.39, 0.29) is 23.0 Å². The first-order chi connectivity index (χ1) is 14.3. The van der Waals surface area contributed by atoms with Gasteiger partial charge in [0.2, 0.25) is 5.91 Å². The highest BCUT2D eigenvalue weighted by Crippen LogP contribution is 2.26. The van der Waals surface area contributed by atoms with Crippen molar-refractivity contribution in [3.05, 3.63) is 35.7 Å². The van der Waals surface area contributed by atoms with Crippen molar-refractivity contribution in [2.45, 2.75) is 70.0 Å². The Morgan fingerprint density at radius 3 is 2.57 bits per heavy atom. The number of hydrogen-bond donors (Lipinski definition) is 2. The Balaban J connectivity index is 2.17. The number of amides is 1. The number of aromatic nitrogens is 3. The first kappa shape index (κ1) is 24.1. The van der Waals surface area contributed by atoms with Crippen LogP contribution in [-0.4, -0.2) is 45.8 Å². The molecule has 2 atom stereocenters. The lowest BCUT2D eigenvalue weighted by atomic mass is 10.1. The molecule has 0 spiro atoms. The summed E-state index contributed by atoms with van der Waals surface area (Å²) in [6, 6.07) is 7.26. The Hall–Kier alpha value is -2.19. The number of carbonyl (C=O) groups excluding carboxylic acids is 2. The van der Waals surface area contributed by atoms with E-state index in [1.807, 2.05) is 6.92 Å². The second-order valence-electron chi connectivity index (χ2n) is 7.77. The lowest BCUT2D eigenvalue weighted by Gasteiger charge is -2.20. The summed E-state index contributed by atoms with van der Waals surface area (Å²) in [7, 11) is 4.26. The number of carbonyl (C=O) groups is 2. The number of unbranched alkanes of at least 4 members (excludes halogenated alkanes) is 1. The van der Waals surface area contributed by atoms with Gasteiger partial charge in [0.25, 0.3) is 0 Å². The number of nitrogens with one attached hydrogen (secondary N) is 2. The van der Waals surface area contributed by atoms with Gasteiger partial charge in [-0.15, -0.1) is 10.2 Å². The van der Waals surface area contributed by atoms with Crippen molar-refractivity contribution in [3.8, 4) is 0 Å². The number of hydrogen-bond acceptors (Lipinski definition) is 5. The molecule has 0 aliphatic heterocycles. The molecule has 0 radical (unpaired) electrons. The van der Waals surface area contributed by atoms with E-state index in [1.54, 1.807) is 24.3 Å². The fraction of sp³-hybridized carbons (Fsp3) is 0.545. The van der Waals surface area contributed by atoms with E-state index < -0.39 is 0 Å². The third kappa shape index (κ3) is 6.15. The van der Waals surface area contributed by atoms with Gasteiger partial charge in [-0.3, -0.25) is 9.59 Å². The van der Waals surface area contributed by atoms with Crippen LogP contribution in [0.3, 0.4) is 0 Å². The number of Topliss-reactive ketones (excluding diaryl/α,β-unsaturated/α-hetero) is 1. The zero-order valence-corrected chi connectivity index (χ0v) is 19.7. The van der Waals surface area contributed by atoms with E-state index >= 15 is 0 Å². The molecule has 0 bridgehead atoms. The standard InChI is InChI=1S/C22H33N5O2S/c1-7-9-13-27-20(19(8-2)26(5)6)24-25-22(27)30-16(4)21(29)23-18-12-10-11-17(14-18)15(3)28/h10-12,14,16,19H,7-9,13H2,1-6H3,(H,23,29)/p+1/t16-,19-/m1/s1. The highest BCUT2D eigenvalue weighted by Gasteiger charge is 2.26. The topological polar surface area (TPSA) is 81.3 Å². The van der Waals surface area contributed by atoms with Crippen LogP contribution in [-0.2, 0) is 11.3 Å². The average molecular weight is 433 g/mol. The maximum atomic E-state index is 12.7. The summed E-state index contributed by atoms with van der Waals surface area (Å²) in [5.74, 6) is 0.825. The molecule has 2 N–H and O–H groups in total. The van der Waals surface area contributed by atoms with Crippen LogP contribution < -0.4 is 10.2 Å². The number of ketones is 1. The normalized spacial score (nSPS) is 13.3. The van der Waals surface area contributed by atoms with Crippen molar-refractivity contribution in [1.29, 1.82) is 0 Å². The lowest BCUT2D eigenvalue weighted by Crippen LogP contribution is -3.06. The van der Waals surface area contributed by atoms with Gasteiger partial charge in [0, 0.05) is 24.2 Å². The number of nitrogens with zero attached hydrogens (tertiary/aromatic N) is 3. The van der Waals surface area contributed by atoms with Gasteiger partial charge < -0.3 is 14.8 Å². The van der Waals surface area contributed by atoms with Gasteiger partial charge in [-0.05, 0) is 32.4 Å². The molecular formula is C22H34N5O2S+. The Morgan fingerprint density at radius 2 is 1.97 bits per heavy atom. The van der Waals surface area contributed by atoms with Crippen LogP contribution in [0.25, 0.3) is 0 Å². The minimum atomic E-state index is -0.352. The van der Waals surface area contributed by atoms with E-state index in [4.69, 9.17) is 0 Å². The van der Waals surface area contributed by atoms with Crippen LogP contribution in [0, 0.1) is 0 Å². The lowest BCUT2D eigenvalue weighted by molar-refractivity contribution is -0.893. The molecule has 1 aromatic heterocycles. The smallest absolute Gasteiger partial charge is 0.237 e. The molecule has 2 aromatic rings. The number of rotatable bonds is 11. The van der Waals surface area contributed by atoms with Crippen LogP contribution in [0.1, 0.15) is 69.2 Å². The number of quaternary nitrogens is 1. The van der Waals surface area contributed by atoms with Crippen molar-refractivity contribution in [3.63, 3.8) is 0 Å². The van der Waals surface area contributed by atoms with E-state index in [9.17, 15) is 9.59 Å². The van der Waals surface area contributed by atoms with E-state index in [0.717, 1.165) is 36.8 Å². The van der Waals surface area contributed by atoms with Gasteiger partial charge in [0.1, 0.15) is 6.04 Å². The van der Waals surface area contributed by atoms with Crippen molar-refractivity contribution in [2.24, 2.45) is 0 Å². The number of benzene rings is 1. The second kappa shape index (κ2) is 11.3. The monoisotopic (exact) mass is 432 g/mol. The molecule has 0 saturated heterocycles. The van der Waals surface area contributed by atoms with Crippen molar-refractivity contribution >= 4 is 29.1 Å². The highest BCUT2D eigenvalue weighted by atomic mass is 32.2. The molecule has 164 valence electrons. The molecule has 0 aliphatic rings. The van der Waals surface area contributed by atoms with Crippen molar-refractivity contribution < 1.29 is 14.5 Å². The number of anilines is 1. The molecule has 0 saturated carbocycles. The molecule has 2 rings (SSSR count). The Kier molecular flexibility index (Phi) is 9.05. The molecule has 0 aliphatic carbocycles. The summed E-state index contributed by atoms with van der Waals surface area (Å²) in [6.07, 6.45) is 3.09. The molecule has 1 aromatic carbocycles. The van der Waals surface area contributed by atoms with Crippen LogP contribution in [0.5, 0.6) is 0 Å². The predicted molar refractivity (Wildman–Crippen MR) is 121 cm³/mol. The van der Waals surface area contributed by atoms with Crippen LogP contribution in [0.15, 0.2) is 29.4 Å². The van der Waals surface area contributed by atoms with Gasteiger partial charge in [-0.1, -0.05) is 44.2 Å². The summed E-state index contributed by atoms with van der Waals surface area (Å²) in [4.78, 5) is 25.6. The predicted octanol–water partition coefficient (Wildman–Crippen LogP) is 3.00. The first-order valence-electron chi connectivity index (χ1n) is 10.6. The summed E-state index contributed by atoms with van der Waals surface area (Å²) in [6.45, 7) is 8.55. The molecule has 7 nitrogen and oxygen atoms in total. The molecule has 8 heteroatoms. The Bertz CT molecular complexity index is 865. The summed E-state index contributed by atoms with van der Waals surface area (Å²) >= 11 is 1.42. The van der Waals surface area contributed by atoms with E-state index in [1.165, 1.54) is 23.6 Å². The van der Waals surface area contributed by atoms with Crippen LogP contribution in [0.4, 0.5) is 5.69 Å². The Labute approximate surface area is 183 Å². The molecular weight excluding hydrogens is 398 g/mol. The third-order valence-electron chi connectivity index (χ3n) is 5.09. The molecule has 0 unspecified atom stereocenters. The quantitative estimate of drug-likeness (QED) is 0.421. The van der Waals surface area contributed by atoms with Crippen LogP contribution in [0.2, 0.25) is 0 Å². The minimum absolute atomic E-state index is 0.0291. The summed E-state index contributed by atoms with van der Waals surface area (Å²) < 4.78 is 2.18. The summed E-state index contributed by atoms with van der Waals surface area (Å²) in [5.41, 5.74) is 1.20. The zero-order valence-electron chi connectivity index (χ0n) is 18.9. The number of thioether (sulfide) groups is 1. The summed E-state index contributed by atoms with van der Waals surface area (Å²) in [5, 5.41) is 12.2. The van der Waals surface area contributed by atoms with Gasteiger partial charge in [0.15, 0.2) is 16.8 Å². The second-order valence-corrected chi connectivity index (χ2v) is 9.08. The van der Waals surface area contributed by atoms with E-state index in [0.29, 0.717) is 11.3 Å². The molecule has 1 heterocycles. The SMILES string of the molecule is CCCCn1c(S[C@H](C)C(=O)Nc2cccc(C(C)=O)c2)nnc1[C@@H](CC)[NH+](C)C. The van der Waals surface area contributed by atoms with Crippen LogP contribution >= 0.6 is 11.8 Å². The first-order valence-corrected chi connectivity index (χ1v) is 11.5. The fourth-order valence-electron chi connectivity index (χ4n) is 3.29.